The highest BCUT2D eigenvalue weighted by atomic mass is 16.8. The fourth-order valence-corrected chi connectivity index (χ4v) is 4.33. The number of aliphatic hydroxyl groups excluding tert-OH is 8. The van der Waals surface area contributed by atoms with Crippen LogP contribution in [0.3, 0.4) is 0 Å². The van der Waals surface area contributed by atoms with Gasteiger partial charge in [0.05, 0.1) is 18.8 Å². The number of carbonyl (C=O) groups is 1. The van der Waals surface area contributed by atoms with Crippen LogP contribution < -0.4 is 5.32 Å². The van der Waals surface area contributed by atoms with Crippen molar-refractivity contribution in [1.82, 2.24) is 5.32 Å². The number of nitrogens with one attached hydrogen (secondary N) is 1. The molecule has 0 saturated carbocycles. The average Bonchev–Trinajstić information content (AvgIpc) is 2.80. The van der Waals surface area contributed by atoms with E-state index in [4.69, 9.17) is 23.7 Å². The Labute approximate surface area is 200 Å². The molecule has 35 heavy (non-hydrogen) atoms. The van der Waals surface area contributed by atoms with Gasteiger partial charge in [-0.25, -0.2) is 0 Å². The number of rotatable bonds is 6. The van der Waals surface area contributed by atoms with E-state index < -0.39 is 105 Å². The molecule has 204 valence electrons. The van der Waals surface area contributed by atoms with Gasteiger partial charge < -0.3 is 69.9 Å². The molecule has 3 heterocycles. The molecule has 0 aromatic rings. The van der Waals surface area contributed by atoms with Crippen molar-refractivity contribution in [2.75, 3.05) is 6.61 Å². The van der Waals surface area contributed by atoms with Crippen molar-refractivity contribution in [3.63, 3.8) is 0 Å². The molecule has 15 heteroatoms. The smallest absolute Gasteiger partial charge is 0.217 e. The zero-order valence-electron chi connectivity index (χ0n) is 19.4. The molecule has 3 aliphatic heterocycles. The van der Waals surface area contributed by atoms with E-state index in [0.29, 0.717) is 0 Å². The summed E-state index contributed by atoms with van der Waals surface area (Å²) in [5, 5.41) is 84.2. The van der Waals surface area contributed by atoms with E-state index >= 15 is 0 Å². The molecule has 3 fully saturated rings. The van der Waals surface area contributed by atoms with Crippen molar-refractivity contribution >= 4 is 5.91 Å². The van der Waals surface area contributed by atoms with Crippen molar-refractivity contribution in [2.24, 2.45) is 0 Å². The number of carbonyl (C=O) groups excluding carboxylic acids is 1. The van der Waals surface area contributed by atoms with Crippen LogP contribution in [0.4, 0.5) is 0 Å². The number of aliphatic hydroxyl groups is 8. The summed E-state index contributed by atoms with van der Waals surface area (Å²) in [4.78, 5) is 11.7. The van der Waals surface area contributed by atoms with Crippen molar-refractivity contribution in [3.05, 3.63) is 0 Å². The minimum Gasteiger partial charge on any atom is -0.394 e. The van der Waals surface area contributed by atoms with Gasteiger partial charge in [-0.3, -0.25) is 4.79 Å². The molecule has 0 radical (unpaired) electrons. The van der Waals surface area contributed by atoms with E-state index in [0.717, 1.165) is 6.92 Å². The maximum absolute atomic E-state index is 11.7. The minimum absolute atomic E-state index is 0.595. The first-order chi connectivity index (χ1) is 16.4. The number of amides is 1. The van der Waals surface area contributed by atoms with Crippen LogP contribution >= 0.6 is 0 Å². The topological polar surface area (TPSA) is 237 Å². The van der Waals surface area contributed by atoms with Crippen LogP contribution in [0.1, 0.15) is 20.8 Å². The summed E-state index contributed by atoms with van der Waals surface area (Å²) in [5.41, 5.74) is 0. The molecule has 3 rings (SSSR count). The van der Waals surface area contributed by atoms with E-state index in [1.165, 1.54) is 13.8 Å². The molecule has 1 unspecified atom stereocenters. The molecule has 0 bridgehead atoms. The average molecular weight is 513 g/mol. The minimum atomic E-state index is -1.74. The lowest BCUT2D eigenvalue weighted by Crippen LogP contribution is -2.68. The van der Waals surface area contributed by atoms with Crippen LogP contribution in [0.5, 0.6) is 0 Å². The van der Waals surface area contributed by atoms with Gasteiger partial charge in [-0.2, -0.15) is 0 Å². The van der Waals surface area contributed by atoms with E-state index in [1.54, 1.807) is 0 Å². The standard InChI is InChI=1S/C20H35NO14/c1-5-10(24)13(27)15(29)19(31-5)35-17-14(28)11(25)6(2)32-20(17)34-16-9(21-7(3)23)18(30)33-8(4-22)12(16)26/h5-6,8-20,22,24-30H,4H2,1-3H3,(H,21,23)/t5-,6-,8+,9+,10+,11+,12+,13+,14+,15-,16+,17-,18?,19-,20-/m0/s1. The highest BCUT2D eigenvalue weighted by Gasteiger charge is 2.53. The van der Waals surface area contributed by atoms with Crippen molar-refractivity contribution in [3.8, 4) is 0 Å². The summed E-state index contributed by atoms with van der Waals surface area (Å²) in [7, 11) is 0. The van der Waals surface area contributed by atoms with Gasteiger partial charge in [-0.05, 0) is 13.8 Å². The third-order valence-electron chi connectivity index (χ3n) is 6.42. The zero-order chi connectivity index (χ0) is 26.2. The Morgan fingerprint density at radius 1 is 0.743 bits per heavy atom. The SMILES string of the molecule is CC(=O)N[C@H]1C(O)O[C@H](CO)[C@@H](O)[C@@H]1O[C@@H]1O[C@@H](C)[C@@H](O)[C@@H](O)[C@@H]1O[C@@H]1O[C@@H](C)[C@@H](O)[C@@H](O)[C@@H]1O. The van der Waals surface area contributed by atoms with Gasteiger partial charge in [0.2, 0.25) is 5.91 Å². The van der Waals surface area contributed by atoms with Gasteiger partial charge >= 0.3 is 0 Å². The Morgan fingerprint density at radius 2 is 1.29 bits per heavy atom. The maximum Gasteiger partial charge on any atom is 0.217 e. The normalized spacial score (nSPS) is 51.1. The fourth-order valence-electron chi connectivity index (χ4n) is 4.33. The van der Waals surface area contributed by atoms with Crippen LogP contribution in [0.2, 0.25) is 0 Å². The fraction of sp³-hybridized carbons (Fsp3) is 0.950. The Morgan fingerprint density at radius 3 is 1.86 bits per heavy atom. The molecular formula is C20H35NO14. The van der Waals surface area contributed by atoms with Crippen molar-refractivity contribution in [1.29, 1.82) is 0 Å². The monoisotopic (exact) mass is 513 g/mol. The lowest BCUT2D eigenvalue weighted by molar-refractivity contribution is -0.377. The van der Waals surface area contributed by atoms with Crippen LogP contribution in [-0.4, -0.2) is 145 Å². The molecule has 9 N–H and O–H groups in total. The molecule has 0 aliphatic carbocycles. The molecule has 0 spiro atoms. The molecule has 15 nitrogen and oxygen atoms in total. The summed E-state index contributed by atoms with van der Waals surface area (Å²) >= 11 is 0. The second-order valence-electron chi connectivity index (χ2n) is 9.04. The molecule has 1 amide bonds. The van der Waals surface area contributed by atoms with Crippen LogP contribution in [-0.2, 0) is 28.5 Å². The van der Waals surface area contributed by atoms with Gasteiger partial charge in [-0.15, -0.1) is 0 Å². The van der Waals surface area contributed by atoms with E-state index in [2.05, 4.69) is 5.32 Å². The summed E-state index contributed by atoms with van der Waals surface area (Å²) in [5.74, 6) is -0.595. The zero-order valence-corrected chi connectivity index (χ0v) is 19.4. The van der Waals surface area contributed by atoms with Crippen LogP contribution in [0.25, 0.3) is 0 Å². The quantitative estimate of drug-likeness (QED) is 0.161. The highest BCUT2D eigenvalue weighted by Crippen LogP contribution is 2.32. The second-order valence-corrected chi connectivity index (χ2v) is 9.04. The number of hydrogen-bond acceptors (Lipinski definition) is 14. The van der Waals surface area contributed by atoms with Gasteiger partial charge in [0, 0.05) is 6.92 Å². The van der Waals surface area contributed by atoms with E-state index in [1.807, 2.05) is 0 Å². The predicted octanol–water partition coefficient (Wildman–Crippen LogP) is -5.37. The molecule has 3 saturated heterocycles. The summed E-state index contributed by atoms with van der Waals surface area (Å²) in [6, 6.07) is -1.33. The summed E-state index contributed by atoms with van der Waals surface area (Å²) < 4.78 is 27.6. The molecule has 0 aromatic heterocycles. The van der Waals surface area contributed by atoms with Gasteiger partial charge in [0.1, 0.15) is 61.0 Å². The first kappa shape index (κ1) is 28.5. The largest absolute Gasteiger partial charge is 0.394 e. The van der Waals surface area contributed by atoms with Crippen LogP contribution in [0.15, 0.2) is 0 Å². The third-order valence-corrected chi connectivity index (χ3v) is 6.42. The first-order valence-electron chi connectivity index (χ1n) is 11.3. The van der Waals surface area contributed by atoms with E-state index in [-0.39, 0.29) is 0 Å². The molecule has 0 aromatic carbocycles. The maximum atomic E-state index is 11.7. The van der Waals surface area contributed by atoms with Gasteiger partial charge in [0.25, 0.3) is 0 Å². The number of ether oxygens (including phenoxy) is 5. The van der Waals surface area contributed by atoms with E-state index in [9.17, 15) is 45.6 Å². The van der Waals surface area contributed by atoms with Gasteiger partial charge in [0.15, 0.2) is 18.9 Å². The van der Waals surface area contributed by atoms with Crippen LogP contribution in [0, 0.1) is 0 Å². The third kappa shape index (κ3) is 5.93. The summed E-state index contributed by atoms with van der Waals surface area (Å²) in [6.45, 7) is 3.30. The Balaban J connectivity index is 1.86. The van der Waals surface area contributed by atoms with Crippen molar-refractivity contribution < 1.29 is 69.3 Å². The Bertz CT molecular complexity index is 715. The second kappa shape index (κ2) is 11.6. The van der Waals surface area contributed by atoms with Gasteiger partial charge in [-0.1, -0.05) is 0 Å². The lowest BCUT2D eigenvalue weighted by atomic mass is 9.95. The Kier molecular flexibility index (Phi) is 9.42. The molecule has 15 atom stereocenters. The predicted molar refractivity (Wildman–Crippen MR) is 110 cm³/mol. The highest BCUT2D eigenvalue weighted by molar-refractivity contribution is 5.73. The number of hydrogen-bond donors (Lipinski definition) is 9. The molecular weight excluding hydrogens is 478 g/mol. The first-order valence-corrected chi connectivity index (χ1v) is 11.3. The lowest BCUT2D eigenvalue weighted by Gasteiger charge is -2.48. The molecule has 3 aliphatic rings. The summed E-state index contributed by atoms with van der Waals surface area (Å²) in [6.07, 6.45) is -20.7. The van der Waals surface area contributed by atoms with Crippen molar-refractivity contribution in [2.45, 2.75) is 113 Å². The Hall–Kier alpha value is -1.05.